The quantitative estimate of drug-likeness (QED) is 0.0201. The van der Waals surface area contributed by atoms with Crippen LogP contribution in [0.3, 0.4) is 0 Å². The van der Waals surface area contributed by atoms with Crippen molar-refractivity contribution in [2.24, 2.45) is 0 Å². The largest absolute Gasteiger partial charge is 0.477 e. The summed E-state index contributed by atoms with van der Waals surface area (Å²) in [5.74, 6) is -6.13. The van der Waals surface area contributed by atoms with Gasteiger partial charge in [-0.05, 0) is 19.3 Å². The fourth-order valence-electron chi connectivity index (χ4n) is 13.2. The Morgan fingerprint density at radius 2 is 0.979 bits per heavy atom. The molecule has 0 bridgehead atoms. The molecule has 0 spiro atoms. The van der Waals surface area contributed by atoms with Crippen molar-refractivity contribution >= 4 is 17.8 Å². The molecule has 23 nitrogen and oxygen atoms in total. The van der Waals surface area contributed by atoms with Crippen LogP contribution >= 0.6 is 0 Å². The van der Waals surface area contributed by atoms with Crippen molar-refractivity contribution in [3.8, 4) is 0 Å². The van der Waals surface area contributed by atoms with E-state index >= 15 is 0 Å². The molecule has 3 heterocycles. The minimum absolute atomic E-state index is 0.205. The van der Waals surface area contributed by atoms with Gasteiger partial charge in [-0.2, -0.15) is 0 Å². The summed E-state index contributed by atoms with van der Waals surface area (Å²) in [4.78, 5) is 38.6. The van der Waals surface area contributed by atoms with Gasteiger partial charge in [-0.3, -0.25) is 9.59 Å². The standard InChI is InChI=1S/C72H134N2O21/c1-4-6-8-10-12-14-16-18-20-22-24-25-26-27-28-30-32-34-36-38-40-42-44-46-59(82)74-53(54(79)45-43-41-39-37-35-33-31-29-23-21-19-17-15-13-11-9-7-5-2)51-90-69-64(86)63(85)66(58(50-77)92-69)93-70-65(87)68(62(84)57(49-76)91-70)95-72(71(88)89)47-55(80)60(73-52(3)78)67(94-72)61(83)56(81)48-75/h43,45,53-58,60-70,75-77,79-81,83-87H,4-42,44,46-51H2,1-3H3,(H,73,78)(H,74,82)(H,88,89)/b45-43+. The summed E-state index contributed by atoms with van der Waals surface area (Å²) >= 11 is 0. The maximum atomic E-state index is 13.5. The molecule has 18 atom stereocenters. The highest BCUT2D eigenvalue weighted by molar-refractivity contribution is 5.77. The number of hydrogen-bond acceptors (Lipinski definition) is 20. The fourth-order valence-corrected chi connectivity index (χ4v) is 13.2. The number of nitrogens with one attached hydrogen (secondary N) is 2. The number of hydrogen-bond donors (Lipinski definition) is 14. The van der Waals surface area contributed by atoms with E-state index < -0.39 is 155 Å². The summed E-state index contributed by atoms with van der Waals surface area (Å²) in [6.07, 6.45) is 23.9. The van der Waals surface area contributed by atoms with Crippen molar-refractivity contribution in [2.75, 3.05) is 26.4 Å². The number of carbonyl (C=O) groups is 3. The van der Waals surface area contributed by atoms with Gasteiger partial charge in [0.1, 0.15) is 67.1 Å². The predicted octanol–water partition coefficient (Wildman–Crippen LogP) is 8.24. The number of allylic oxidation sites excluding steroid dienone is 1. The van der Waals surface area contributed by atoms with Crippen molar-refractivity contribution in [2.45, 2.75) is 400 Å². The lowest BCUT2D eigenvalue weighted by Crippen LogP contribution is -2.70. The Bertz CT molecular complexity index is 1960. The summed E-state index contributed by atoms with van der Waals surface area (Å²) in [7, 11) is 0. The monoisotopic (exact) mass is 1360 g/mol. The van der Waals surface area contributed by atoms with Crippen molar-refractivity contribution < 1.29 is 104 Å². The predicted molar refractivity (Wildman–Crippen MR) is 362 cm³/mol. The summed E-state index contributed by atoms with van der Waals surface area (Å²) in [5.41, 5.74) is 0. The number of aliphatic carboxylic acids is 1. The van der Waals surface area contributed by atoms with Crippen molar-refractivity contribution in [3.05, 3.63) is 12.2 Å². The van der Waals surface area contributed by atoms with E-state index in [-0.39, 0.29) is 12.3 Å². The van der Waals surface area contributed by atoms with Gasteiger partial charge < -0.3 is 100 Å². The van der Waals surface area contributed by atoms with Gasteiger partial charge in [-0.25, -0.2) is 4.79 Å². The number of carboxylic acids is 1. The zero-order chi connectivity index (χ0) is 69.6. The SMILES string of the molecule is CCCCCCCCCCCCCCCCCC/C=C/C(O)C(COC1OC(CO)C(OC2OC(CO)C(O)C(OC3(C(=O)O)CC(O)C(NC(C)=O)C(C(O)C(O)CO)O3)C2O)C(O)C1O)NC(=O)CCCCCCCCCCCCCCCCCCCCCCCCC. The lowest BCUT2D eigenvalue weighted by Gasteiger charge is -2.50. The van der Waals surface area contributed by atoms with Gasteiger partial charge in [0, 0.05) is 19.8 Å². The Labute approximate surface area is 569 Å². The third-order valence-electron chi connectivity index (χ3n) is 19.2. The first kappa shape index (κ1) is 86.7. The molecule has 0 aliphatic carbocycles. The maximum Gasteiger partial charge on any atom is 0.364 e. The Morgan fingerprint density at radius 3 is 1.40 bits per heavy atom. The average molecular weight is 1360 g/mol. The number of aliphatic hydroxyl groups is 11. The smallest absolute Gasteiger partial charge is 0.364 e. The van der Waals surface area contributed by atoms with Gasteiger partial charge in [-0.15, -0.1) is 0 Å². The topological polar surface area (TPSA) is 373 Å². The fraction of sp³-hybridized carbons (Fsp3) is 0.931. The van der Waals surface area contributed by atoms with E-state index in [0.29, 0.717) is 12.8 Å². The average Bonchev–Trinajstić information content (AvgIpc) is 0.757. The second kappa shape index (κ2) is 52.5. The molecule has 95 heavy (non-hydrogen) atoms. The molecular formula is C72H134N2O21. The van der Waals surface area contributed by atoms with Gasteiger partial charge in [0.15, 0.2) is 12.6 Å². The van der Waals surface area contributed by atoms with E-state index in [1.54, 1.807) is 6.08 Å². The van der Waals surface area contributed by atoms with Gasteiger partial charge in [-0.1, -0.05) is 264 Å². The van der Waals surface area contributed by atoms with Crippen LogP contribution in [0.5, 0.6) is 0 Å². The Balaban J connectivity index is 1.56. The van der Waals surface area contributed by atoms with Crippen LogP contribution in [0.2, 0.25) is 0 Å². The third-order valence-corrected chi connectivity index (χ3v) is 19.2. The molecule has 3 fully saturated rings. The van der Waals surface area contributed by atoms with Crippen molar-refractivity contribution in [1.29, 1.82) is 0 Å². The van der Waals surface area contributed by atoms with Crippen LogP contribution in [-0.4, -0.2) is 215 Å². The van der Waals surface area contributed by atoms with Crippen molar-refractivity contribution in [3.63, 3.8) is 0 Å². The summed E-state index contributed by atoms with van der Waals surface area (Å²) < 4.78 is 34.9. The van der Waals surface area contributed by atoms with E-state index in [2.05, 4.69) is 24.5 Å². The Kier molecular flexibility index (Phi) is 47.9. The molecule has 0 radical (unpaired) electrons. The molecule has 2 amide bonds. The molecule has 3 rings (SSSR count). The number of ether oxygens (including phenoxy) is 6. The molecular weight excluding hydrogens is 1230 g/mol. The van der Waals surface area contributed by atoms with Crippen LogP contribution in [0.25, 0.3) is 0 Å². The minimum Gasteiger partial charge on any atom is -0.477 e. The zero-order valence-electron chi connectivity index (χ0n) is 58.5. The Hall–Kier alpha value is -2.53. The first-order valence-electron chi connectivity index (χ1n) is 37.6. The molecule has 23 heteroatoms. The van der Waals surface area contributed by atoms with Crippen LogP contribution in [0.1, 0.15) is 290 Å². The molecule has 0 saturated carbocycles. The molecule has 0 aromatic rings. The molecule has 3 saturated heterocycles. The van der Waals surface area contributed by atoms with Gasteiger partial charge in [0.25, 0.3) is 5.79 Å². The number of rotatable bonds is 58. The maximum absolute atomic E-state index is 13.5. The molecule has 3 aliphatic heterocycles. The van der Waals surface area contributed by atoms with Crippen molar-refractivity contribution in [1.82, 2.24) is 10.6 Å². The van der Waals surface area contributed by atoms with Crippen LogP contribution in [0.15, 0.2) is 12.2 Å². The van der Waals surface area contributed by atoms with Crippen LogP contribution in [-0.2, 0) is 42.8 Å². The number of amides is 2. The second-order valence-electron chi connectivity index (χ2n) is 27.5. The van der Waals surface area contributed by atoms with E-state index in [9.17, 15) is 75.7 Å². The molecule has 558 valence electrons. The Morgan fingerprint density at radius 1 is 0.547 bits per heavy atom. The number of unbranched alkanes of at least 4 members (excludes halogenated alkanes) is 38. The van der Waals surface area contributed by atoms with E-state index in [1.807, 2.05) is 6.08 Å². The van der Waals surface area contributed by atoms with Gasteiger partial charge >= 0.3 is 5.97 Å². The highest BCUT2D eigenvalue weighted by Crippen LogP contribution is 2.39. The lowest BCUT2D eigenvalue weighted by atomic mass is 9.88. The number of carboxylic acid groups (broad SMARTS) is 1. The molecule has 3 aliphatic rings. The summed E-state index contributed by atoms with van der Waals surface area (Å²) in [6.45, 7) is 2.18. The third kappa shape index (κ3) is 34.1. The van der Waals surface area contributed by atoms with Gasteiger partial charge in [0.2, 0.25) is 11.8 Å². The molecule has 0 aromatic carbocycles. The van der Waals surface area contributed by atoms with Crippen LogP contribution < -0.4 is 10.6 Å². The number of aliphatic hydroxyl groups excluding tert-OH is 11. The molecule has 14 N–H and O–H groups in total. The summed E-state index contributed by atoms with van der Waals surface area (Å²) in [6, 6.07) is -2.61. The highest BCUT2D eigenvalue weighted by Gasteiger charge is 2.60. The van der Waals surface area contributed by atoms with E-state index in [1.165, 1.54) is 199 Å². The second-order valence-corrected chi connectivity index (χ2v) is 27.5. The molecule has 0 aromatic heterocycles. The highest BCUT2D eigenvalue weighted by atomic mass is 16.8. The number of carbonyl (C=O) groups excluding carboxylic acids is 2. The first-order valence-corrected chi connectivity index (χ1v) is 37.6. The minimum atomic E-state index is -3.08. The van der Waals surface area contributed by atoms with Crippen LogP contribution in [0, 0.1) is 0 Å². The first-order chi connectivity index (χ1) is 45.9. The zero-order valence-corrected chi connectivity index (χ0v) is 58.5. The summed E-state index contributed by atoms with van der Waals surface area (Å²) in [5, 5.41) is 136. The molecule has 18 unspecified atom stereocenters. The van der Waals surface area contributed by atoms with E-state index in [0.717, 1.165) is 51.9 Å². The van der Waals surface area contributed by atoms with Crippen LogP contribution in [0.4, 0.5) is 0 Å². The normalized spacial score (nSPS) is 27.7. The van der Waals surface area contributed by atoms with E-state index in [4.69, 9.17) is 28.4 Å². The van der Waals surface area contributed by atoms with Gasteiger partial charge in [0.05, 0.1) is 50.7 Å². The lowest BCUT2D eigenvalue weighted by molar-refractivity contribution is -0.386.